The van der Waals surface area contributed by atoms with Crippen LogP contribution in [-0.2, 0) is 19.2 Å². The summed E-state index contributed by atoms with van der Waals surface area (Å²) in [6.45, 7) is -0.264. The molecule has 1 N–H and O–H groups in total. The van der Waals surface area contributed by atoms with Gasteiger partial charge in [-0.05, 0) is 61.2 Å². The Morgan fingerprint density at radius 1 is 0.938 bits per heavy atom. The number of aliphatic hydroxyl groups is 1. The number of oxazole rings is 1. The van der Waals surface area contributed by atoms with E-state index in [0.29, 0.717) is 45.1 Å². The van der Waals surface area contributed by atoms with Crippen LogP contribution in [0.1, 0.15) is 24.3 Å². The third-order valence-corrected chi connectivity index (χ3v) is 11.7. The zero-order chi connectivity index (χ0) is 33.5. The molecule has 3 aromatic carbocycles. The van der Waals surface area contributed by atoms with E-state index in [1.807, 2.05) is 30.3 Å². The largest absolute Gasteiger partial charge is 0.491 e. The van der Waals surface area contributed by atoms with Gasteiger partial charge in [0.2, 0.25) is 17.7 Å². The Hall–Kier alpha value is -4.51. The zero-order valence-corrected chi connectivity index (χ0v) is 27.1. The molecule has 12 heteroatoms. The van der Waals surface area contributed by atoms with E-state index in [1.165, 1.54) is 11.9 Å². The molecule has 4 amide bonds. The highest BCUT2D eigenvalue weighted by Crippen LogP contribution is 2.66. The highest BCUT2D eigenvalue weighted by Gasteiger charge is 2.76. The third-order valence-electron chi connectivity index (χ3n) is 10.3. The van der Waals surface area contributed by atoms with Crippen LogP contribution in [0.25, 0.3) is 22.6 Å². The molecule has 2 aliphatic heterocycles. The number of imide groups is 2. The molecule has 0 radical (unpaired) electrons. The maximum atomic E-state index is 14.4. The summed E-state index contributed by atoms with van der Waals surface area (Å²) in [7, 11) is 1.35. The Bertz CT molecular complexity index is 2030. The molecule has 2 aliphatic carbocycles. The molecule has 4 aromatic rings. The van der Waals surface area contributed by atoms with Gasteiger partial charge >= 0.3 is 0 Å². The number of ether oxygens (including phenoxy) is 1. The van der Waals surface area contributed by atoms with Crippen molar-refractivity contribution in [3.05, 3.63) is 90.0 Å². The number of rotatable bonds is 6. The highest BCUT2D eigenvalue weighted by atomic mass is 35.5. The van der Waals surface area contributed by atoms with E-state index in [9.17, 15) is 24.3 Å². The van der Waals surface area contributed by atoms with Crippen molar-refractivity contribution in [1.29, 1.82) is 0 Å². The van der Waals surface area contributed by atoms with Crippen molar-refractivity contribution in [2.45, 2.75) is 28.5 Å². The van der Waals surface area contributed by atoms with Crippen molar-refractivity contribution in [1.82, 2.24) is 9.88 Å². The Balaban J connectivity index is 1.18. The van der Waals surface area contributed by atoms with Gasteiger partial charge in [0.1, 0.15) is 17.9 Å². The summed E-state index contributed by atoms with van der Waals surface area (Å²) in [5, 5.41) is 9.48. The average Bonchev–Trinajstić information content (AvgIpc) is 3.68. The van der Waals surface area contributed by atoms with Gasteiger partial charge in [0, 0.05) is 24.1 Å². The van der Waals surface area contributed by atoms with Gasteiger partial charge in [0.25, 0.3) is 11.8 Å². The maximum absolute atomic E-state index is 14.4. The molecule has 1 aromatic heterocycles. The lowest BCUT2D eigenvalue weighted by molar-refractivity contribution is -0.138. The molecule has 3 fully saturated rings. The number of carbonyl (C=O) groups is 4. The SMILES string of the molecule is CN1C(=O)[C@]2(Cl)C[C@@H]3C(=CC[C@@H]4C(=O)N(c5ccc(-c6nc7ccccc7o6)cc5)C(=O)[C@@H]43)[C@H](c3ccccc3OCCO)[C@]2(Cl)C1=O. The predicted molar refractivity (Wildman–Crippen MR) is 176 cm³/mol. The second-order valence-corrected chi connectivity index (χ2v) is 13.9. The number of hydrogen-bond acceptors (Lipinski definition) is 8. The number of hydrogen-bond donors (Lipinski definition) is 1. The number of fused-ring (bicyclic) bond motifs is 5. The van der Waals surface area contributed by atoms with Crippen LogP contribution in [0.15, 0.2) is 88.9 Å². The van der Waals surface area contributed by atoms with E-state index in [-0.39, 0.29) is 32.0 Å². The van der Waals surface area contributed by atoms with Gasteiger partial charge in [-0.1, -0.05) is 42.0 Å². The lowest BCUT2D eigenvalue weighted by Crippen LogP contribution is -2.60. The van der Waals surface area contributed by atoms with Crippen molar-refractivity contribution in [2.75, 3.05) is 25.2 Å². The number of anilines is 1. The van der Waals surface area contributed by atoms with Crippen LogP contribution in [-0.4, -0.2) is 68.6 Å². The fourth-order valence-electron chi connectivity index (χ4n) is 8.10. The number of aliphatic hydroxyl groups excluding tert-OH is 1. The number of benzene rings is 3. The summed E-state index contributed by atoms with van der Waals surface area (Å²) < 4.78 is 11.7. The Morgan fingerprint density at radius 2 is 1.67 bits per heavy atom. The molecule has 4 aliphatic rings. The van der Waals surface area contributed by atoms with Gasteiger partial charge in [0.15, 0.2) is 15.3 Å². The second-order valence-electron chi connectivity index (χ2n) is 12.7. The molecule has 10 nitrogen and oxygen atoms in total. The van der Waals surface area contributed by atoms with Crippen LogP contribution in [0, 0.1) is 17.8 Å². The number of halogens is 2. The quantitative estimate of drug-likeness (QED) is 0.169. The van der Waals surface area contributed by atoms with Crippen molar-refractivity contribution in [3.63, 3.8) is 0 Å². The first-order valence-electron chi connectivity index (χ1n) is 15.7. The monoisotopic (exact) mass is 685 g/mol. The smallest absolute Gasteiger partial charge is 0.253 e. The van der Waals surface area contributed by atoms with E-state index in [4.69, 9.17) is 32.4 Å². The van der Waals surface area contributed by atoms with E-state index in [0.717, 1.165) is 4.90 Å². The van der Waals surface area contributed by atoms with Crippen LogP contribution in [0.5, 0.6) is 5.75 Å². The van der Waals surface area contributed by atoms with Gasteiger partial charge in [-0.25, -0.2) is 4.98 Å². The molecule has 244 valence electrons. The van der Waals surface area contributed by atoms with E-state index in [2.05, 4.69) is 4.98 Å². The van der Waals surface area contributed by atoms with E-state index in [1.54, 1.807) is 48.5 Å². The van der Waals surface area contributed by atoms with Gasteiger partial charge in [0.05, 0.1) is 24.1 Å². The van der Waals surface area contributed by atoms with Crippen molar-refractivity contribution in [3.8, 4) is 17.2 Å². The fourth-order valence-corrected chi connectivity index (χ4v) is 9.11. The number of amides is 4. The Morgan fingerprint density at radius 3 is 2.42 bits per heavy atom. The standard InChI is InChI=1S/C36H29Cl2N3O7/c1-40-33(45)35(37)18-24-21(29(36(35,38)34(40)46)22-6-2-4-8-26(22)47-17-16-42)14-15-23-28(24)32(44)41(31(23)43)20-12-10-19(11-13-20)30-39-25-7-3-5-9-27(25)48-30/h2-14,23-24,28-29,42H,15-18H2,1H3/t23-,24+,28-,29+,35+,36-/m0/s1. The zero-order valence-electron chi connectivity index (χ0n) is 25.6. The molecule has 48 heavy (non-hydrogen) atoms. The summed E-state index contributed by atoms with van der Waals surface area (Å²) >= 11 is 14.6. The normalized spacial score (nSPS) is 29.6. The minimum absolute atomic E-state index is 0.0157. The minimum atomic E-state index is -1.93. The lowest BCUT2D eigenvalue weighted by atomic mass is 9.56. The summed E-state index contributed by atoms with van der Waals surface area (Å²) in [5.74, 6) is -4.46. The molecule has 1 saturated carbocycles. The Labute approximate surface area is 284 Å². The summed E-state index contributed by atoms with van der Waals surface area (Å²) in [6.07, 6.45) is 2.00. The molecular weight excluding hydrogens is 657 g/mol. The third kappa shape index (κ3) is 4.12. The molecule has 0 unspecified atom stereocenters. The first kappa shape index (κ1) is 30.8. The first-order chi connectivity index (χ1) is 23.1. The van der Waals surface area contributed by atoms with Crippen molar-refractivity contribution < 1.29 is 33.4 Å². The van der Waals surface area contributed by atoms with Crippen LogP contribution in [0.4, 0.5) is 5.69 Å². The number of aromatic nitrogens is 1. The van der Waals surface area contributed by atoms with Gasteiger partial charge < -0.3 is 14.3 Å². The first-order valence-corrected chi connectivity index (χ1v) is 16.4. The number of para-hydroxylation sites is 3. The molecule has 2 saturated heterocycles. The van der Waals surface area contributed by atoms with Gasteiger partial charge in [-0.2, -0.15) is 0 Å². The molecular formula is C36H29Cl2N3O7. The summed E-state index contributed by atoms with van der Waals surface area (Å²) in [4.78, 5) is 58.8. The van der Waals surface area contributed by atoms with Gasteiger partial charge in [-0.15, -0.1) is 23.2 Å². The molecule has 8 rings (SSSR count). The fraction of sp³-hybridized carbons (Fsp3) is 0.306. The molecule has 6 atom stereocenters. The highest BCUT2D eigenvalue weighted by molar-refractivity contribution is 6.53. The van der Waals surface area contributed by atoms with E-state index >= 15 is 0 Å². The number of allylic oxidation sites excluding steroid dienone is 2. The minimum Gasteiger partial charge on any atom is -0.491 e. The molecule has 0 spiro atoms. The molecule has 3 heterocycles. The van der Waals surface area contributed by atoms with Crippen LogP contribution in [0.2, 0.25) is 0 Å². The Kier molecular flexibility index (Phi) is 7.07. The van der Waals surface area contributed by atoms with Crippen molar-refractivity contribution >= 4 is 63.6 Å². The van der Waals surface area contributed by atoms with Crippen LogP contribution in [0.3, 0.4) is 0 Å². The average molecular weight is 687 g/mol. The lowest BCUT2D eigenvalue weighted by Gasteiger charge is -2.51. The van der Waals surface area contributed by atoms with Crippen LogP contribution >= 0.6 is 23.2 Å². The predicted octanol–water partition coefficient (Wildman–Crippen LogP) is 5.06. The summed E-state index contributed by atoms with van der Waals surface area (Å²) in [5.41, 5.74) is 3.61. The number of nitrogens with zero attached hydrogens (tertiary/aromatic N) is 3. The molecule has 0 bridgehead atoms. The number of carbonyl (C=O) groups excluding carboxylic acids is 4. The van der Waals surface area contributed by atoms with Crippen LogP contribution < -0.4 is 9.64 Å². The maximum Gasteiger partial charge on any atom is 0.253 e. The second kappa shape index (κ2) is 11.0. The number of likely N-dealkylation sites (tertiary alicyclic amines) is 1. The number of alkyl halides is 2. The van der Waals surface area contributed by atoms with E-state index < -0.39 is 51.1 Å². The topological polar surface area (TPSA) is 130 Å². The van der Waals surface area contributed by atoms with Gasteiger partial charge in [-0.3, -0.25) is 29.0 Å². The summed E-state index contributed by atoms with van der Waals surface area (Å²) in [6, 6.07) is 21.2. The van der Waals surface area contributed by atoms with Crippen molar-refractivity contribution in [2.24, 2.45) is 17.8 Å².